The molecule has 1 aromatic rings. The van der Waals surface area contributed by atoms with Crippen LogP contribution in [-0.2, 0) is 19.4 Å². The maximum atomic E-state index is 11.2. The van der Waals surface area contributed by atoms with Crippen LogP contribution in [0.2, 0.25) is 0 Å². The third kappa shape index (κ3) is 2.33. The van der Waals surface area contributed by atoms with Crippen LogP contribution in [0.5, 0.6) is 0 Å². The van der Waals surface area contributed by atoms with Crippen LogP contribution in [-0.4, -0.2) is 16.0 Å². The molecule has 0 aliphatic heterocycles. The largest absolute Gasteiger partial charge is 0.390 e. The van der Waals surface area contributed by atoms with Crippen molar-refractivity contribution >= 4 is 5.91 Å². The predicted molar refractivity (Wildman–Crippen MR) is 57.4 cm³/mol. The highest BCUT2D eigenvalue weighted by molar-refractivity contribution is 5.94. The molecule has 0 aromatic carbocycles. The monoisotopic (exact) mass is 208 g/mol. The number of pyridine rings is 1. The van der Waals surface area contributed by atoms with Crippen LogP contribution < -0.4 is 5.73 Å². The van der Waals surface area contributed by atoms with Gasteiger partial charge < -0.3 is 10.8 Å². The number of aliphatic hydroxyl groups is 1. The lowest BCUT2D eigenvalue weighted by molar-refractivity contribution is 0.0998. The molecule has 0 radical (unpaired) electrons. The Kier molecular flexibility index (Phi) is 3.80. The first kappa shape index (κ1) is 11.7. The van der Waals surface area contributed by atoms with Gasteiger partial charge in [0.1, 0.15) is 0 Å². The standard InChI is InChI=1S/C11H16N2O2/c1-3-7-5-8(11(12)15)9(4-2)13-10(7)6-14/h5,14H,3-4,6H2,1-2H3,(H2,12,15). The molecule has 0 unspecified atom stereocenters. The Balaban J connectivity index is 3.34. The molecule has 1 amide bonds. The van der Waals surface area contributed by atoms with E-state index in [9.17, 15) is 4.79 Å². The number of hydrogen-bond acceptors (Lipinski definition) is 3. The van der Waals surface area contributed by atoms with Gasteiger partial charge in [0.25, 0.3) is 5.91 Å². The minimum absolute atomic E-state index is 0.102. The van der Waals surface area contributed by atoms with E-state index in [2.05, 4.69) is 4.98 Å². The summed E-state index contributed by atoms with van der Waals surface area (Å²) >= 11 is 0. The summed E-state index contributed by atoms with van der Waals surface area (Å²) < 4.78 is 0. The maximum absolute atomic E-state index is 11.2. The molecule has 4 nitrogen and oxygen atoms in total. The van der Waals surface area contributed by atoms with E-state index in [-0.39, 0.29) is 6.61 Å². The fourth-order valence-corrected chi connectivity index (χ4v) is 1.56. The number of rotatable bonds is 4. The van der Waals surface area contributed by atoms with Crippen LogP contribution >= 0.6 is 0 Å². The molecular formula is C11H16N2O2. The number of carbonyl (C=O) groups is 1. The van der Waals surface area contributed by atoms with E-state index in [1.54, 1.807) is 6.07 Å². The third-order valence-corrected chi connectivity index (χ3v) is 2.40. The Morgan fingerprint density at radius 2 is 2.07 bits per heavy atom. The van der Waals surface area contributed by atoms with Gasteiger partial charge in [-0.2, -0.15) is 0 Å². The molecule has 0 aliphatic rings. The van der Waals surface area contributed by atoms with E-state index in [4.69, 9.17) is 10.8 Å². The Labute approximate surface area is 89.1 Å². The van der Waals surface area contributed by atoms with Crippen LogP contribution in [0.15, 0.2) is 6.07 Å². The number of primary amides is 1. The van der Waals surface area contributed by atoms with Gasteiger partial charge >= 0.3 is 0 Å². The summed E-state index contributed by atoms with van der Waals surface area (Å²) in [5.41, 5.74) is 7.90. The fraction of sp³-hybridized carbons (Fsp3) is 0.455. The number of aliphatic hydroxyl groups excluding tert-OH is 1. The van der Waals surface area contributed by atoms with E-state index in [1.807, 2.05) is 13.8 Å². The van der Waals surface area contributed by atoms with Gasteiger partial charge in [0.05, 0.1) is 23.6 Å². The first-order valence-electron chi connectivity index (χ1n) is 5.06. The molecule has 4 heteroatoms. The zero-order chi connectivity index (χ0) is 11.4. The lowest BCUT2D eigenvalue weighted by Crippen LogP contribution is -2.16. The van der Waals surface area contributed by atoms with Gasteiger partial charge in [-0.05, 0) is 24.5 Å². The second-order valence-corrected chi connectivity index (χ2v) is 3.32. The van der Waals surface area contributed by atoms with Gasteiger partial charge in [0, 0.05) is 0 Å². The van der Waals surface area contributed by atoms with Gasteiger partial charge in [-0.15, -0.1) is 0 Å². The Morgan fingerprint density at radius 3 is 2.47 bits per heavy atom. The summed E-state index contributed by atoms with van der Waals surface area (Å²) in [6.07, 6.45) is 1.36. The number of nitrogens with two attached hydrogens (primary N) is 1. The van der Waals surface area contributed by atoms with Crippen molar-refractivity contribution in [1.29, 1.82) is 0 Å². The Bertz CT molecular complexity index is 375. The number of aryl methyl sites for hydroxylation is 2. The molecule has 1 aromatic heterocycles. The van der Waals surface area contributed by atoms with Gasteiger partial charge in [0.15, 0.2) is 0 Å². The van der Waals surface area contributed by atoms with Crippen LogP contribution in [0.1, 0.15) is 41.2 Å². The zero-order valence-corrected chi connectivity index (χ0v) is 9.08. The molecule has 15 heavy (non-hydrogen) atoms. The van der Waals surface area contributed by atoms with Gasteiger partial charge in [-0.3, -0.25) is 9.78 Å². The van der Waals surface area contributed by atoms with Crippen molar-refractivity contribution in [2.75, 3.05) is 0 Å². The molecule has 1 rings (SSSR count). The SMILES string of the molecule is CCc1cc(C(N)=O)c(CC)nc1CO. The van der Waals surface area contributed by atoms with Crippen molar-refractivity contribution in [2.45, 2.75) is 33.3 Å². The smallest absolute Gasteiger partial charge is 0.250 e. The van der Waals surface area contributed by atoms with Crippen molar-refractivity contribution in [1.82, 2.24) is 4.98 Å². The minimum Gasteiger partial charge on any atom is -0.390 e. The fourth-order valence-electron chi connectivity index (χ4n) is 1.56. The molecule has 0 atom stereocenters. The second kappa shape index (κ2) is 4.89. The summed E-state index contributed by atoms with van der Waals surface area (Å²) in [6, 6.07) is 1.74. The van der Waals surface area contributed by atoms with E-state index < -0.39 is 5.91 Å². The molecule has 0 spiro atoms. The van der Waals surface area contributed by atoms with Crippen molar-refractivity contribution in [3.8, 4) is 0 Å². The molecule has 1 heterocycles. The van der Waals surface area contributed by atoms with E-state index in [0.717, 1.165) is 12.0 Å². The molecule has 3 N–H and O–H groups in total. The summed E-state index contributed by atoms with van der Waals surface area (Å²) in [4.78, 5) is 15.4. The van der Waals surface area contributed by atoms with Crippen molar-refractivity contribution < 1.29 is 9.90 Å². The van der Waals surface area contributed by atoms with Gasteiger partial charge in [-0.25, -0.2) is 0 Å². The number of nitrogens with zero attached hydrogens (tertiary/aromatic N) is 1. The molecule has 0 saturated heterocycles. The topological polar surface area (TPSA) is 76.2 Å². The lowest BCUT2D eigenvalue weighted by atomic mass is 10.0. The number of aromatic nitrogens is 1. The van der Waals surface area contributed by atoms with E-state index >= 15 is 0 Å². The Morgan fingerprint density at radius 1 is 1.40 bits per heavy atom. The Hall–Kier alpha value is -1.42. The van der Waals surface area contributed by atoms with Gasteiger partial charge in [-0.1, -0.05) is 13.8 Å². The van der Waals surface area contributed by atoms with Crippen LogP contribution in [0, 0.1) is 0 Å². The molecule has 0 bridgehead atoms. The molecular weight excluding hydrogens is 192 g/mol. The van der Waals surface area contributed by atoms with Crippen molar-refractivity contribution in [2.24, 2.45) is 5.73 Å². The molecule has 0 saturated carbocycles. The minimum atomic E-state index is -0.460. The summed E-state index contributed by atoms with van der Waals surface area (Å²) in [6.45, 7) is 3.75. The molecule has 0 aliphatic carbocycles. The number of amides is 1. The molecule has 82 valence electrons. The van der Waals surface area contributed by atoms with Crippen LogP contribution in [0.25, 0.3) is 0 Å². The first-order chi connectivity index (χ1) is 7.13. The predicted octanol–water partition coefficient (Wildman–Crippen LogP) is 0.798. The summed E-state index contributed by atoms with van der Waals surface area (Å²) in [5, 5.41) is 9.12. The average Bonchev–Trinajstić information content (AvgIpc) is 2.26. The second-order valence-electron chi connectivity index (χ2n) is 3.32. The third-order valence-electron chi connectivity index (χ3n) is 2.40. The van der Waals surface area contributed by atoms with E-state index in [1.165, 1.54) is 0 Å². The zero-order valence-electron chi connectivity index (χ0n) is 9.08. The lowest BCUT2D eigenvalue weighted by Gasteiger charge is -2.10. The van der Waals surface area contributed by atoms with Crippen molar-refractivity contribution in [3.05, 3.63) is 28.6 Å². The first-order valence-corrected chi connectivity index (χ1v) is 5.06. The number of carbonyl (C=O) groups excluding carboxylic acids is 1. The maximum Gasteiger partial charge on any atom is 0.250 e. The quantitative estimate of drug-likeness (QED) is 0.768. The highest BCUT2D eigenvalue weighted by Gasteiger charge is 2.12. The summed E-state index contributed by atoms with van der Waals surface area (Å²) in [7, 11) is 0. The van der Waals surface area contributed by atoms with Crippen LogP contribution in [0.3, 0.4) is 0 Å². The van der Waals surface area contributed by atoms with Crippen molar-refractivity contribution in [3.63, 3.8) is 0 Å². The highest BCUT2D eigenvalue weighted by Crippen LogP contribution is 2.14. The van der Waals surface area contributed by atoms with E-state index in [0.29, 0.717) is 23.4 Å². The average molecular weight is 208 g/mol. The van der Waals surface area contributed by atoms with Crippen LogP contribution in [0.4, 0.5) is 0 Å². The number of hydrogen-bond donors (Lipinski definition) is 2. The van der Waals surface area contributed by atoms with Gasteiger partial charge in [0.2, 0.25) is 0 Å². The highest BCUT2D eigenvalue weighted by atomic mass is 16.3. The normalized spacial score (nSPS) is 10.3. The molecule has 0 fully saturated rings. The summed E-state index contributed by atoms with van der Waals surface area (Å²) in [5.74, 6) is -0.460.